The number of aliphatic hydroxyl groups is 1. The van der Waals surface area contributed by atoms with Gasteiger partial charge in [-0.3, -0.25) is 4.98 Å². The van der Waals surface area contributed by atoms with Crippen molar-refractivity contribution in [2.24, 2.45) is 0 Å². The minimum absolute atomic E-state index is 0.0868. The van der Waals surface area contributed by atoms with Gasteiger partial charge < -0.3 is 5.11 Å². The van der Waals surface area contributed by atoms with E-state index in [1.54, 1.807) is 6.20 Å². The number of aryl methyl sites for hydroxylation is 1. The molecule has 0 saturated heterocycles. The molecular weight excluding hydrogens is 272 g/mol. The highest BCUT2D eigenvalue weighted by molar-refractivity contribution is 5.85. The zero-order valence-electron chi connectivity index (χ0n) is 11.3. The van der Waals surface area contributed by atoms with E-state index in [4.69, 9.17) is 0 Å². The van der Waals surface area contributed by atoms with Crippen LogP contribution in [0.4, 0.5) is 8.78 Å². The molecule has 0 aliphatic heterocycles. The van der Waals surface area contributed by atoms with Gasteiger partial charge >= 0.3 is 0 Å². The Morgan fingerprint density at radius 1 is 0.952 bits per heavy atom. The van der Waals surface area contributed by atoms with Crippen LogP contribution in [0, 0.1) is 18.6 Å². The Morgan fingerprint density at radius 2 is 1.71 bits per heavy atom. The molecule has 21 heavy (non-hydrogen) atoms. The normalized spacial score (nSPS) is 12.6. The topological polar surface area (TPSA) is 33.1 Å². The number of aromatic nitrogens is 1. The van der Waals surface area contributed by atoms with Crippen LogP contribution in [0.1, 0.15) is 22.8 Å². The Labute approximate surface area is 120 Å². The van der Waals surface area contributed by atoms with Crippen molar-refractivity contribution in [1.82, 2.24) is 4.98 Å². The Hall–Kier alpha value is -2.33. The minimum Gasteiger partial charge on any atom is -0.383 e. The molecule has 1 atom stereocenters. The van der Waals surface area contributed by atoms with Gasteiger partial charge in [0.2, 0.25) is 0 Å². The number of hydrogen-bond donors (Lipinski definition) is 1. The van der Waals surface area contributed by atoms with Crippen molar-refractivity contribution in [1.29, 1.82) is 0 Å². The quantitative estimate of drug-likeness (QED) is 0.774. The summed E-state index contributed by atoms with van der Waals surface area (Å²) in [5, 5.41) is 12.0. The smallest absolute Gasteiger partial charge is 0.165 e. The van der Waals surface area contributed by atoms with E-state index in [-0.39, 0.29) is 11.1 Å². The van der Waals surface area contributed by atoms with Crippen molar-refractivity contribution < 1.29 is 13.9 Å². The first-order valence-electron chi connectivity index (χ1n) is 6.55. The number of rotatable bonds is 2. The zero-order valence-corrected chi connectivity index (χ0v) is 11.3. The van der Waals surface area contributed by atoms with Crippen molar-refractivity contribution in [2.75, 3.05) is 0 Å². The van der Waals surface area contributed by atoms with Crippen LogP contribution >= 0.6 is 0 Å². The van der Waals surface area contributed by atoms with E-state index >= 15 is 0 Å². The number of pyridine rings is 1. The average Bonchev–Trinajstić information content (AvgIpc) is 2.51. The zero-order chi connectivity index (χ0) is 15.0. The van der Waals surface area contributed by atoms with Crippen molar-refractivity contribution >= 4 is 10.8 Å². The number of fused-ring (bicyclic) bond motifs is 1. The molecule has 1 unspecified atom stereocenters. The molecule has 0 aliphatic rings. The van der Waals surface area contributed by atoms with E-state index in [0.717, 1.165) is 10.8 Å². The van der Waals surface area contributed by atoms with E-state index in [1.165, 1.54) is 25.3 Å². The van der Waals surface area contributed by atoms with Crippen molar-refractivity contribution in [3.63, 3.8) is 0 Å². The van der Waals surface area contributed by atoms with Crippen LogP contribution in [0.3, 0.4) is 0 Å². The van der Waals surface area contributed by atoms with Gasteiger partial charge in [0.1, 0.15) is 6.10 Å². The summed E-state index contributed by atoms with van der Waals surface area (Å²) < 4.78 is 27.7. The monoisotopic (exact) mass is 285 g/mol. The van der Waals surface area contributed by atoms with Gasteiger partial charge in [-0.05, 0) is 17.9 Å². The van der Waals surface area contributed by atoms with Gasteiger partial charge in [-0.2, -0.15) is 0 Å². The van der Waals surface area contributed by atoms with Crippen molar-refractivity contribution in [3.05, 3.63) is 77.1 Å². The Balaban J connectivity index is 2.17. The molecule has 0 fully saturated rings. The molecule has 1 heterocycles. The van der Waals surface area contributed by atoms with Gasteiger partial charge in [-0.1, -0.05) is 36.4 Å². The second-order valence-corrected chi connectivity index (χ2v) is 4.95. The van der Waals surface area contributed by atoms with E-state index in [0.29, 0.717) is 5.56 Å². The lowest BCUT2D eigenvalue weighted by molar-refractivity contribution is 0.214. The lowest BCUT2D eigenvalue weighted by atomic mass is 9.97. The predicted molar refractivity (Wildman–Crippen MR) is 76.9 cm³/mol. The summed E-state index contributed by atoms with van der Waals surface area (Å²) in [7, 11) is 0. The fourth-order valence-corrected chi connectivity index (χ4v) is 2.40. The van der Waals surface area contributed by atoms with Gasteiger partial charge in [-0.25, -0.2) is 8.78 Å². The molecule has 0 aliphatic carbocycles. The third kappa shape index (κ3) is 2.28. The van der Waals surface area contributed by atoms with Crippen molar-refractivity contribution in [3.8, 4) is 0 Å². The lowest BCUT2D eigenvalue weighted by Crippen LogP contribution is -2.06. The van der Waals surface area contributed by atoms with Gasteiger partial charge in [0.05, 0.1) is 0 Å². The third-order valence-electron chi connectivity index (χ3n) is 3.59. The van der Waals surface area contributed by atoms with Gasteiger partial charge in [-0.15, -0.1) is 0 Å². The Bertz CT molecular complexity index is 812. The van der Waals surface area contributed by atoms with E-state index in [9.17, 15) is 13.9 Å². The molecule has 0 bridgehead atoms. The summed E-state index contributed by atoms with van der Waals surface area (Å²) in [5.74, 6) is -1.95. The lowest BCUT2D eigenvalue weighted by Gasteiger charge is -2.15. The van der Waals surface area contributed by atoms with Gasteiger partial charge in [0.25, 0.3) is 0 Å². The van der Waals surface area contributed by atoms with E-state index in [1.807, 2.05) is 24.3 Å². The first kappa shape index (κ1) is 13.6. The number of aliphatic hydroxyl groups excluding tert-OH is 1. The maximum atomic E-state index is 14.0. The minimum atomic E-state index is -1.27. The van der Waals surface area contributed by atoms with Crippen LogP contribution in [0.15, 0.2) is 48.8 Å². The number of halogens is 2. The SMILES string of the molecule is Cc1ccc(C(O)c2cncc3ccccc23)c(F)c1F. The maximum absolute atomic E-state index is 14.0. The third-order valence-corrected chi connectivity index (χ3v) is 3.59. The highest BCUT2D eigenvalue weighted by atomic mass is 19.2. The number of benzene rings is 2. The summed E-state index contributed by atoms with van der Waals surface area (Å²) in [5.41, 5.74) is 0.575. The molecule has 3 aromatic rings. The average molecular weight is 285 g/mol. The number of hydrogen-bond acceptors (Lipinski definition) is 2. The summed E-state index contributed by atoms with van der Waals surface area (Å²) in [4.78, 5) is 4.05. The Morgan fingerprint density at radius 3 is 2.52 bits per heavy atom. The molecule has 1 aromatic heterocycles. The van der Waals surface area contributed by atoms with E-state index < -0.39 is 17.7 Å². The largest absolute Gasteiger partial charge is 0.383 e. The first-order chi connectivity index (χ1) is 10.1. The highest BCUT2D eigenvalue weighted by Crippen LogP contribution is 2.30. The summed E-state index contributed by atoms with van der Waals surface area (Å²) in [6, 6.07) is 10.2. The van der Waals surface area contributed by atoms with Crippen LogP contribution in [0.2, 0.25) is 0 Å². The molecule has 3 rings (SSSR count). The second-order valence-electron chi connectivity index (χ2n) is 4.95. The molecule has 106 valence electrons. The molecular formula is C17H13F2NO. The van der Waals surface area contributed by atoms with Crippen LogP contribution in [0.5, 0.6) is 0 Å². The maximum Gasteiger partial charge on any atom is 0.165 e. The summed E-state index contributed by atoms with van der Waals surface area (Å²) in [6.07, 6.45) is 1.88. The predicted octanol–water partition coefficient (Wildman–Crippen LogP) is 3.90. The second kappa shape index (κ2) is 5.22. The fourth-order valence-electron chi connectivity index (χ4n) is 2.40. The molecule has 0 radical (unpaired) electrons. The molecule has 4 heteroatoms. The Kier molecular flexibility index (Phi) is 3.39. The molecule has 2 aromatic carbocycles. The first-order valence-corrected chi connectivity index (χ1v) is 6.55. The van der Waals surface area contributed by atoms with E-state index in [2.05, 4.69) is 4.98 Å². The molecule has 2 nitrogen and oxygen atoms in total. The summed E-state index contributed by atoms with van der Waals surface area (Å²) in [6.45, 7) is 1.48. The molecule has 0 amide bonds. The summed E-state index contributed by atoms with van der Waals surface area (Å²) >= 11 is 0. The van der Waals surface area contributed by atoms with Crippen LogP contribution in [0.25, 0.3) is 10.8 Å². The van der Waals surface area contributed by atoms with Gasteiger partial charge in [0.15, 0.2) is 11.6 Å². The highest BCUT2D eigenvalue weighted by Gasteiger charge is 2.20. The molecule has 0 saturated carbocycles. The fraction of sp³-hybridized carbons (Fsp3) is 0.118. The number of nitrogens with zero attached hydrogens (tertiary/aromatic N) is 1. The van der Waals surface area contributed by atoms with Crippen LogP contribution in [-0.2, 0) is 0 Å². The van der Waals surface area contributed by atoms with Crippen molar-refractivity contribution in [2.45, 2.75) is 13.0 Å². The standard InChI is InChI=1S/C17H13F2NO/c1-10-6-7-13(16(19)15(10)18)17(21)14-9-20-8-11-4-2-3-5-12(11)14/h2-9,17,21H,1H3. The molecule has 1 N–H and O–H groups in total. The van der Waals surface area contributed by atoms with Crippen LogP contribution in [-0.4, -0.2) is 10.1 Å². The van der Waals surface area contributed by atoms with Crippen LogP contribution < -0.4 is 0 Å². The molecule has 0 spiro atoms. The van der Waals surface area contributed by atoms with Gasteiger partial charge in [0, 0.05) is 28.9 Å².